The topological polar surface area (TPSA) is 135 Å². The van der Waals surface area contributed by atoms with Crippen LogP contribution >= 0.6 is 23.2 Å². The van der Waals surface area contributed by atoms with E-state index in [-0.39, 0.29) is 21.4 Å². The summed E-state index contributed by atoms with van der Waals surface area (Å²) in [6.07, 6.45) is 12.8. The summed E-state index contributed by atoms with van der Waals surface area (Å²) in [6.45, 7) is 12.2. The highest BCUT2D eigenvalue weighted by molar-refractivity contribution is 6.33. The van der Waals surface area contributed by atoms with Gasteiger partial charge in [-0.15, -0.1) is 0 Å². The van der Waals surface area contributed by atoms with E-state index in [1.165, 1.54) is 69.2 Å². The highest BCUT2D eigenvalue weighted by atomic mass is 35.5. The van der Waals surface area contributed by atoms with Crippen LogP contribution in [0.5, 0.6) is 11.5 Å². The summed E-state index contributed by atoms with van der Waals surface area (Å²) in [7, 11) is 0. The van der Waals surface area contributed by atoms with Gasteiger partial charge < -0.3 is 25.5 Å². The molecule has 2 aromatic rings. The number of rotatable bonds is 10. The van der Waals surface area contributed by atoms with Crippen molar-refractivity contribution in [3.8, 4) is 11.5 Å². The Balaban J connectivity index is 1.31. The van der Waals surface area contributed by atoms with Crippen LogP contribution in [0.3, 0.4) is 0 Å². The van der Waals surface area contributed by atoms with Crippen LogP contribution in [0.25, 0.3) is 0 Å². The predicted molar refractivity (Wildman–Crippen MR) is 200 cm³/mol. The zero-order valence-electron chi connectivity index (χ0n) is 30.7. The van der Waals surface area contributed by atoms with Gasteiger partial charge in [-0.25, -0.2) is 9.59 Å². The van der Waals surface area contributed by atoms with Crippen molar-refractivity contribution >= 4 is 35.1 Å². The quantitative estimate of drug-likeness (QED) is 0.163. The molecule has 0 heterocycles. The molecule has 2 unspecified atom stereocenters. The Morgan fingerprint density at radius 1 is 0.765 bits per heavy atom. The summed E-state index contributed by atoms with van der Waals surface area (Å²) in [5.41, 5.74) is -1.16. The average molecular weight is 744 g/mol. The fourth-order valence-corrected chi connectivity index (χ4v) is 12.7. The van der Waals surface area contributed by atoms with Crippen LogP contribution in [0, 0.1) is 52.3 Å². The fraction of sp³-hybridized carbons (Fsp3) is 0.667. The summed E-state index contributed by atoms with van der Waals surface area (Å²) < 4.78 is 0. The summed E-state index contributed by atoms with van der Waals surface area (Å²) >= 11 is 12.8. The van der Waals surface area contributed by atoms with Crippen molar-refractivity contribution in [1.82, 2.24) is 0 Å². The molecule has 9 atom stereocenters. The summed E-state index contributed by atoms with van der Waals surface area (Å²) in [5.74, 6) is -0.401. The van der Waals surface area contributed by atoms with Gasteiger partial charge in [-0.05, 0) is 145 Å². The number of phenols is 2. The third kappa shape index (κ3) is 6.67. The molecule has 6 rings (SSSR count). The Labute approximate surface area is 312 Å². The van der Waals surface area contributed by atoms with Crippen molar-refractivity contribution in [2.45, 2.75) is 123 Å². The fourth-order valence-electron chi connectivity index (χ4n) is 12.3. The third-order valence-corrected chi connectivity index (χ3v) is 15.4. The van der Waals surface area contributed by atoms with E-state index >= 15 is 0 Å². The Kier molecular flexibility index (Phi) is 10.5. The molecule has 0 amide bonds. The second-order valence-electron chi connectivity index (χ2n) is 17.8. The minimum Gasteiger partial charge on any atom is -0.505 e. The number of aliphatic hydroxyl groups is 1. The first-order valence-corrected chi connectivity index (χ1v) is 19.9. The molecule has 0 radical (unpaired) electrons. The molecule has 4 fully saturated rings. The number of carboxylic acid groups (broad SMARTS) is 2. The molecule has 5 N–H and O–H groups in total. The van der Waals surface area contributed by atoms with Crippen molar-refractivity contribution in [2.24, 2.45) is 52.3 Å². The van der Waals surface area contributed by atoms with Gasteiger partial charge >= 0.3 is 11.9 Å². The van der Waals surface area contributed by atoms with E-state index in [0.717, 1.165) is 42.9 Å². The lowest BCUT2D eigenvalue weighted by Crippen LogP contribution is -2.57. The molecular weight excluding hydrogens is 687 g/mol. The number of halogens is 2. The van der Waals surface area contributed by atoms with E-state index < -0.39 is 46.1 Å². The monoisotopic (exact) mass is 742 g/mol. The molecule has 0 aliphatic heterocycles. The van der Waals surface area contributed by atoms with Gasteiger partial charge in [0.2, 0.25) is 0 Å². The number of hydrogen-bond acceptors (Lipinski definition) is 5. The second-order valence-corrected chi connectivity index (χ2v) is 18.7. The zero-order valence-corrected chi connectivity index (χ0v) is 32.2. The van der Waals surface area contributed by atoms with Gasteiger partial charge in [-0.1, -0.05) is 77.1 Å². The number of hydrogen-bond donors (Lipinski definition) is 5. The SMILES string of the molecule is CC(C)CCC[C@@H](C)[C@H]1CC[C@H]2[C@@H]3CCC4CC(O)(C(c5cc(Cl)c(O)c(C(=O)O)c5)c5cc(Cl)c(O)c(C(=O)O)c5)CC[C@]4(C)[C@H]3CC[C@]12C. The van der Waals surface area contributed by atoms with E-state index in [9.17, 15) is 35.1 Å². The van der Waals surface area contributed by atoms with Gasteiger partial charge in [0, 0.05) is 5.92 Å². The van der Waals surface area contributed by atoms with Crippen LogP contribution in [0.15, 0.2) is 24.3 Å². The van der Waals surface area contributed by atoms with Crippen LogP contribution in [0.4, 0.5) is 0 Å². The molecule has 0 saturated heterocycles. The molecule has 0 bridgehead atoms. The highest BCUT2D eigenvalue weighted by Gasteiger charge is 2.62. The van der Waals surface area contributed by atoms with Crippen molar-refractivity contribution in [3.63, 3.8) is 0 Å². The summed E-state index contributed by atoms with van der Waals surface area (Å²) in [4.78, 5) is 24.3. The molecule has 4 aliphatic carbocycles. The maximum absolute atomic E-state index is 12.9. The Morgan fingerprint density at radius 2 is 1.33 bits per heavy atom. The molecule has 7 nitrogen and oxygen atoms in total. The number of fused-ring (bicyclic) bond motifs is 5. The number of carbonyl (C=O) groups is 2. The number of carboxylic acids is 2. The smallest absolute Gasteiger partial charge is 0.339 e. The van der Waals surface area contributed by atoms with Gasteiger partial charge in [0.15, 0.2) is 0 Å². The lowest BCUT2D eigenvalue weighted by Gasteiger charge is -2.63. The predicted octanol–water partition coefficient (Wildman–Crippen LogP) is 10.8. The molecule has 4 saturated carbocycles. The Bertz CT molecular complexity index is 1610. The van der Waals surface area contributed by atoms with E-state index in [0.29, 0.717) is 41.2 Å². The number of benzene rings is 2. The first-order valence-electron chi connectivity index (χ1n) is 19.1. The minimum atomic E-state index is -1.41. The lowest BCUT2D eigenvalue weighted by atomic mass is 9.43. The van der Waals surface area contributed by atoms with Crippen molar-refractivity contribution in [2.75, 3.05) is 0 Å². The van der Waals surface area contributed by atoms with Gasteiger partial charge in [0.05, 0.1) is 15.6 Å². The number of aromatic hydroxyl groups is 2. The van der Waals surface area contributed by atoms with Crippen molar-refractivity contribution in [3.05, 3.63) is 56.6 Å². The van der Waals surface area contributed by atoms with E-state index in [2.05, 4.69) is 34.6 Å². The summed E-state index contributed by atoms with van der Waals surface area (Å²) in [5, 5.41) is 53.3. The van der Waals surface area contributed by atoms with Crippen LogP contribution < -0.4 is 0 Å². The van der Waals surface area contributed by atoms with E-state index in [1.54, 1.807) is 0 Å². The first kappa shape index (κ1) is 38.3. The molecular formula is C42H56Cl2O7. The van der Waals surface area contributed by atoms with Crippen molar-refractivity contribution in [1.29, 1.82) is 0 Å². The lowest BCUT2D eigenvalue weighted by molar-refractivity contribution is -0.155. The molecule has 280 valence electrons. The molecule has 9 heteroatoms. The highest BCUT2D eigenvalue weighted by Crippen LogP contribution is 2.69. The van der Waals surface area contributed by atoms with Gasteiger partial charge in [-0.2, -0.15) is 0 Å². The molecule has 4 aliphatic rings. The third-order valence-electron chi connectivity index (χ3n) is 14.8. The van der Waals surface area contributed by atoms with Crippen LogP contribution in [0.2, 0.25) is 10.0 Å². The standard InChI is InChI=1S/C42H56Cl2O7/c1-22(2)7-6-8-23(3)30-11-12-31-27-10-9-26-21-42(51,16-15-40(26,4)32(27)13-14-41(30,31)5)35(24-17-28(38(47)48)36(45)33(43)19-24)25-18-29(39(49)50)37(46)34(44)20-25/h17-20,22-23,26-27,30-32,35,45-46,51H,6-16,21H2,1-5H3,(H,47,48)(H,49,50)/t23-,26?,27+,30-,31+,32+,40+,41-,42?/m1/s1. The van der Waals surface area contributed by atoms with Crippen LogP contribution in [-0.4, -0.2) is 43.1 Å². The molecule has 0 spiro atoms. The summed E-state index contributed by atoms with van der Waals surface area (Å²) in [6, 6.07) is 5.50. The molecule has 51 heavy (non-hydrogen) atoms. The van der Waals surface area contributed by atoms with Gasteiger partial charge in [-0.3, -0.25) is 0 Å². The largest absolute Gasteiger partial charge is 0.505 e. The first-order chi connectivity index (χ1) is 23.9. The van der Waals surface area contributed by atoms with E-state index in [4.69, 9.17) is 23.2 Å². The average Bonchev–Trinajstić information content (AvgIpc) is 3.41. The van der Waals surface area contributed by atoms with Crippen molar-refractivity contribution < 1.29 is 35.1 Å². The Hall–Kier alpha value is -2.48. The van der Waals surface area contributed by atoms with Gasteiger partial charge in [0.1, 0.15) is 22.6 Å². The molecule has 2 aromatic carbocycles. The molecule has 0 aromatic heterocycles. The van der Waals surface area contributed by atoms with Crippen LogP contribution in [0.1, 0.15) is 149 Å². The minimum absolute atomic E-state index is 0.0274. The maximum atomic E-state index is 12.9. The maximum Gasteiger partial charge on any atom is 0.339 e. The Morgan fingerprint density at radius 3 is 1.88 bits per heavy atom. The normalized spacial score (nSPS) is 33.8. The van der Waals surface area contributed by atoms with Gasteiger partial charge in [0.25, 0.3) is 0 Å². The van der Waals surface area contributed by atoms with E-state index in [1.807, 2.05) is 0 Å². The number of aromatic carboxylic acids is 2. The zero-order chi connectivity index (χ0) is 37.2. The van der Waals surface area contributed by atoms with Crippen LogP contribution in [-0.2, 0) is 0 Å². The second kappa shape index (κ2) is 14.1.